The molecule has 0 fully saturated rings. The first-order chi connectivity index (χ1) is 13.6. The number of methoxy groups -OCH3 is 1. The second-order valence-corrected chi connectivity index (χ2v) is 8.04. The van der Waals surface area contributed by atoms with Crippen LogP contribution in [0.2, 0.25) is 0 Å². The molecule has 29 heavy (non-hydrogen) atoms. The lowest BCUT2D eigenvalue weighted by Gasteiger charge is -2.09. The van der Waals surface area contributed by atoms with Crippen LogP contribution in [-0.2, 0) is 19.6 Å². The molecule has 2 N–H and O–H groups in total. The Labute approximate surface area is 169 Å². The molecule has 2 aromatic rings. The molecule has 0 radical (unpaired) electrons. The number of hydrogen-bond donors (Lipinski definition) is 2. The first-order valence-electron chi connectivity index (χ1n) is 8.73. The Morgan fingerprint density at radius 3 is 2.24 bits per heavy atom. The first kappa shape index (κ1) is 22.1. The minimum Gasteiger partial charge on any atom is -0.496 e. The number of benzene rings is 2. The largest absolute Gasteiger partial charge is 0.496 e. The van der Waals surface area contributed by atoms with Crippen LogP contribution in [0.1, 0.15) is 35.7 Å². The lowest BCUT2D eigenvalue weighted by molar-refractivity contribution is -0.117. The normalized spacial score (nSPS) is 10.9. The molecule has 0 aliphatic carbocycles. The van der Waals surface area contributed by atoms with E-state index >= 15 is 0 Å². The Kier molecular flexibility index (Phi) is 7.11. The number of carbonyl (C=O) groups is 3. The summed E-state index contributed by atoms with van der Waals surface area (Å²) in [5.41, 5.74) is 1.71. The average Bonchev–Trinajstić information content (AvgIpc) is 2.65. The topological polar surface area (TPSA) is 119 Å². The monoisotopic (exact) mass is 418 g/mol. The van der Waals surface area contributed by atoms with E-state index in [1.165, 1.54) is 31.4 Å². The Balaban J connectivity index is 1.97. The second-order valence-electron chi connectivity index (χ2n) is 6.36. The molecule has 0 spiro atoms. The molecule has 0 atom stereocenters. The van der Waals surface area contributed by atoms with Gasteiger partial charge in [-0.2, -0.15) is 0 Å². The summed E-state index contributed by atoms with van der Waals surface area (Å²) in [4.78, 5) is 35.4. The second kappa shape index (κ2) is 9.33. The molecule has 0 bridgehead atoms. The molecule has 0 aliphatic heterocycles. The van der Waals surface area contributed by atoms with Crippen molar-refractivity contribution in [3.63, 3.8) is 0 Å². The van der Waals surface area contributed by atoms with Crippen LogP contribution in [0.15, 0.2) is 47.4 Å². The maximum absolute atomic E-state index is 12.4. The van der Waals surface area contributed by atoms with E-state index in [0.717, 1.165) is 12.5 Å². The fraction of sp³-hybridized carbons (Fsp3) is 0.250. The quantitative estimate of drug-likeness (QED) is 0.636. The van der Waals surface area contributed by atoms with E-state index in [-0.39, 0.29) is 29.4 Å². The van der Waals surface area contributed by atoms with Crippen molar-refractivity contribution in [2.24, 2.45) is 0 Å². The van der Waals surface area contributed by atoms with Crippen molar-refractivity contribution in [3.05, 3.63) is 53.6 Å². The van der Waals surface area contributed by atoms with E-state index in [1.54, 1.807) is 12.1 Å². The van der Waals surface area contributed by atoms with Gasteiger partial charge < -0.3 is 10.1 Å². The number of hydrogen-bond acceptors (Lipinski definition) is 6. The summed E-state index contributed by atoms with van der Waals surface area (Å²) in [5.74, 6) is -0.839. The van der Waals surface area contributed by atoms with Crippen LogP contribution in [0, 0.1) is 6.92 Å². The molecule has 2 amide bonds. The Bertz CT molecular complexity index is 1030. The van der Waals surface area contributed by atoms with Crippen LogP contribution in [-0.4, -0.2) is 33.1 Å². The standard InChI is InChI=1S/C20H22N2O6S/c1-13-4-10-19(28-3)17(12-13)18(24)9-11-20(25)21-15-5-7-16(8-6-15)29(26,27)22-14(2)23/h4-8,10,12H,9,11H2,1-3H3,(H,21,25)(H,22,23). The summed E-state index contributed by atoms with van der Waals surface area (Å²) in [5, 5.41) is 2.60. The van der Waals surface area contributed by atoms with Gasteiger partial charge in [0.1, 0.15) is 5.75 Å². The number of carbonyl (C=O) groups excluding carboxylic acids is 3. The molecule has 0 saturated carbocycles. The number of ether oxygens (including phenoxy) is 1. The summed E-state index contributed by atoms with van der Waals surface area (Å²) < 4.78 is 30.8. The van der Waals surface area contributed by atoms with Gasteiger partial charge in [0.05, 0.1) is 17.6 Å². The van der Waals surface area contributed by atoms with Gasteiger partial charge in [0.15, 0.2) is 5.78 Å². The Hall–Kier alpha value is -3.20. The number of anilines is 1. The predicted octanol–water partition coefficient (Wildman–Crippen LogP) is 2.43. The fourth-order valence-electron chi connectivity index (χ4n) is 2.59. The Morgan fingerprint density at radius 1 is 1.00 bits per heavy atom. The maximum Gasteiger partial charge on any atom is 0.264 e. The van der Waals surface area contributed by atoms with Gasteiger partial charge in [0, 0.05) is 25.5 Å². The van der Waals surface area contributed by atoms with Crippen molar-refractivity contribution in [2.75, 3.05) is 12.4 Å². The van der Waals surface area contributed by atoms with E-state index < -0.39 is 15.9 Å². The smallest absolute Gasteiger partial charge is 0.264 e. The van der Waals surface area contributed by atoms with E-state index in [2.05, 4.69) is 5.32 Å². The highest BCUT2D eigenvalue weighted by molar-refractivity contribution is 7.90. The van der Waals surface area contributed by atoms with Gasteiger partial charge in [-0.15, -0.1) is 0 Å². The van der Waals surface area contributed by atoms with Crippen LogP contribution < -0.4 is 14.8 Å². The summed E-state index contributed by atoms with van der Waals surface area (Å²) in [6, 6.07) is 10.6. The van der Waals surface area contributed by atoms with Gasteiger partial charge in [-0.1, -0.05) is 11.6 Å². The highest BCUT2D eigenvalue weighted by atomic mass is 32.2. The van der Waals surface area contributed by atoms with E-state index in [1.807, 2.05) is 17.7 Å². The molecule has 0 aromatic heterocycles. The predicted molar refractivity (Wildman–Crippen MR) is 107 cm³/mol. The van der Waals surface area contributed by atoms with Crippen molar-refractivity contribution in [2.45, 2.75) is 31.6 Å². The van der Waals surface area contributed by atoms with Crippen molar-refractivity contribution in [1.29, 1.82) is 0 Å². The minimum absolute atomic E-state index is 0.000636. The zero-order valence-electron chi connectivity index (χ0n) is 16.3. The molecule has 0 aliphatic rings. The van der Waals surface area contributed by atoms with Crippen LogP contribution in [0.3, 0.4) is 0 Å². The molecule has 0 saturated heterocycles. The molecular weight excluding hydrogens is 396 g/mol. The maximum atomic E-state index is 12.4. The summed E-state index contributed by atoms with van der Waals surface area (Å²) in [6.45, 7) is 2.96. The number of amides is 2. The molecule has 2 rings (SSSR count). The van der Waals surface area contributed by atoms with Crippen LogP contribution in [0.5, 0.6) is 5.75 Å². The number of sulfonamides is 1. The minimum atomic E-state index is -3.94. The number of aryl methyl sites for hydroxylation is 1. The lowest BCUT2D eigenvalue weighted by atomic mass is 10.0. The number of Topliss-reactive ketones (excluding diaryl/α,β-unsaturated/α-hetero) is 1. The summed E-state index contributed by atoms with van der Waals surface area (Å²) in [6.07, 6.45) is -0.0392. The van der Waals surface area contributed by atoms with Gasteiger partial charge >= 0.3 is 0 Å². The molecule has 0 unspecified atom stereocenters. The van der Waals surface area contributed by atoms with Gasteiger partial charge in [0.2, 0.25) is 11.8 Å². The van der Waals surface area contributed by atoms with Gasteiger partial charge in [0.25, 0.3) is 10.0 Å². The third-order valence-electron chi connectivity index (χ3n) is 3.96. The van der Waals surface area contributed by atoms with Crippen molar-refractivity contribution >= 4 is 33.3 Å². The third kappa shape index (κ3) is 6.15. The van der Waals surface area contributed by atoms with E-state index in [0.29, 0.717) is 17.0 Å². The van der Waals surface area contributed by atoms with Gasteiger partial charge in [-0.3, -0.25) is 14.4 Å². The first-order valence-corrected chi connectivity index (χ1v) is 10.2. The highest BCUT2D eigenvalue weighted by Crippen LogP contribution is 2.22. The van der Waals surface area contributed by atoms with Crippen LogP contribution in [0.25, 0.3) is 0 Å². The molecule has 2 aromatic carbocycles. The van der Waals surface area contributed by atoms with Crippen LogP contribution >= 0.6 is 0 Å². The zero-order valence-corrected chi connectivity index (χ0v) is 17.1. The number of ketones is 1. The van der Waals surface area contributed by atoms with Crippen molar-refractivity contribution in [3.8, 4) is 5.75 Å². The van der Waals surface area contributed by atoms with Crippen molar-refractivity contribution < 1.29 is 27.5 Å². The fourth-order valence-corrected chi connectivity index (χ4v) is 3.58. The van der Waals surface area contributed by atoms with Crippen LogP contribution in [0.4, 0.5) is 5.69 Å². The summed E-state index contributed by atoms with van der Waals surface area (Å²) in [7, 11) is -2.46. The van der Waals surface area contributed by atoms with E-state index in [9.17, 15) is 22.8 Å². The average molecular weight is 418 g/mol. The van der Waals surface area contributed by atoms with Gasteiger partial charge in [-0.25, -0.2) is 13.1 Å². The SMILES string of the molecule is COc1ccc(C)cc1C(=O)CCC(=O)Nc1ccc(S(=O)(=O)NC(C)=O)cc1. The molecule has 0 heterocycles. The molecule has 154 valence electrons. The van der Waals surface area contributed by atoms with E-state index in [4.69, 9.17) is 4.74 Å². The lowest BCUT2D eigenvalue weighted by Crippen LogP contribution is -2.28. The summed E-state index contributed by atoms with van der Waals surface area (Å²) >= 11 is 0. The molecule has 9 heteroatoms. The molecular formula is C20H22N2O6S. The van der Waals surface area contributed by atoms with Crippen molar-refractivity contribution in [1.82, 2.24) is 4.72 Å². The highest BCUT2D eigenvalue weighted by Gasteiger charge is 2.16. The number of rotatable bonds is 8. The number of nitrogens with one attached hydrogen (secondary N) is 2. The Morgan fingerprint density at radius 2 is 1.66 bits per heavy atom. The van der Waals surface area contributed by atoms with Gasteiger partial charge in [-0.05, 0) is 43.3 Å². The molecule has 8 nitrogen and oxygen atoms in total. The zero-order chi connectivity index (χ0) is 21.6. The third-order valence-corrected chi connectivity index (χ3v) is 5.41.